The van der Waals surface area contributed by atoms with E-state index in [9.17, 15) is 9.90 Å². The number of nitrogens with one attached hydrogen (secondary N) is 2. The van der Waals surface area contributed by atoms with Gasteiger partial charge in [-0.25, -0.2) is 20.2 Å². The molecule has 11 nitrogen and oxygen atoms in total. The molecule has 2 aromatic heterocycles. The van der Waals surface area contributed by atoms with E-state index >= 15 is 0 Å². The van der Waals surface area contributed by atoms with Crippen LogP contribution in [-0.4, -0.2) is 52.1 Å². The van der Waals surface area contributed by atoms with Gasteiger partial charge in [-0.3, -0.25) is 10.2 Å². The van der Waals surface area contributed by atoms with Gasteiger partial charge in [-0.2, -0.15) is 5.10 Å². The van der Waals surface area contributed by atoms with E-state index < -0.39 is 6.03 Å². The molecular formula is C32H32N6O5S2. The van der Waals surface area contributed by atoms with Crippen LogP contribution in [0.2, 0.25) is 0 Å². The standard InChI is InChI=1S/C32H32N6O5S2/c1-3-38(4-2)16-21-5-9-25-29(12-21)45-32(35-25)36-31(40)37-33-15-22-7-8-24(14-26(22)39)41-17-23-18-44-30(34-23)13-20-6-10-27-28(11-20)43-19-42-27/h5-12,14-15,18,39H,3-4,13,16-17,19H2,1-2H3,(H2,35,36,37,40)/b33-15+. The zero-order valence-corrected chi connectivity index (χ0v) is 26.4. The zero-order chi connectivity index (χ0) is 31.2. The van der Waals surface area contributed by atoms with Crippen molar-refractivity contribution in [3.63, 3.8) is 0 Å². The number of hydrogen-bond acceptors (Lipinski definition) is 11. The molecule has 3 heterocycles. The van der Waals surface area contributed by atoms with Gasteiger partial charge in [0.25, 0.3) is 0 Å². The maximum Gasteiger partial charge on any atom is 0.341 e. The third-order valence-corrected chi connectivity index (χ3v) is 8.96. The number of aromatic hydroxyl groups is 1. The predicted octanol–water partition coefficient (Wildman–Crippen LogP) is 6.35. The summed E-state index contributed by atoms with van der Waals surface area (Å²) in [6.45, 7) is 7.64. The van der Waals surface area contributed by atoms with Gasteiger partial charge in [0.2, 0.25) is 6.79 Å². The van der Waals surface area contributed by atoms with E-state index in [4.69, 9.17) is 14.2 Å². The smallest absolute Gasteiger partial charge is 0.341 e. The predicted molar refractivity (Wildman–Crippen MR) is 176 cm³/mol. The van der Waals surface area contributed by atoms with Gasteiger partial charge in [0.15, 0.2) is 16.6 Å². The number of fused-ring (bicyclic) bond motifs is 2. The molecule has 45 heavy (non-hydrogen) atoms. The molecule has 0 bridgehead atoms. The Morgan fingerprint density at radius 3 is 2.76 bits per heavy atom. The minimum atomic E-state index is -0.533. The first-order valence-electron chi connectivity index (χ1n) is 14.4. The molecule has 0 saturated carbocycles. The lowest BCUT2D eigenvalue weighted by atomic mass is 10.1. The van der Waals surface area contributed by atoms with Gasteiger partial charge >= 0.3 is 6.03 Å². The highest BCUT2D eigenvalue weighted by molar-refractivity contribution is 7.22. The van der Waals surface area contributed by atoms with E-state index in [1.807, 2.05) is 29.6 Å². The van der Waals surface area contributed by atoms with Gasteiger partial charge in [-0.15, -0.1) is 11.3 Å². The number of phenolic OH excluding ortho intramolecular Hbond substituents is 1. The average molecular weight is 645 g/mol. The van der Waals surface area contributed by atoms with Gasteiger partial charge in [0, 0.05) is 30.0 Å². The van der Waals surface area contributed by atoms with E-state index in [2.05, 4.69) is 56.7 Å². The molecule has 6 rings (SSSR count). The summed E-state index contributed by atoms with van der Waals surface area (Å²) in [5.74, 6) is 1.96. The minimum absolute atomic E-state index is 0.0353. The van der Waals surface area contributed by atoms with Crippen LogP contribution < -0.4 is 25.0 Å². The molecule has 232 valence electrons. The van der Waals surface area contributed by atoms with Gasteiger partial charge in [0.1, 0.15) is 18.1 Å². The molecule has 0 atom stereocenters. The second-order valence-corrected chi connectivity index (χ2v) is 12.2. The Morgan fingerprint density at radius 2 is 1.91 bits per heavy atom. The van der Waals surface area contributed by atoms with Crippen LogP contribution in [0.1, 0.15) is 41.2 Å². The number of thiazole rings is 2. The van der Waals surface area contributed by atoms with Crippen LogP contribution in [0.15, 0.2) is 65.1 Å². The molecule has 1 aliphatic rings. The largest absolute Gasteiger partial charge is 0.507 e. The number of hydrogen-bond donors (Lipinski definition) is 3. The van der Waals surface area contributed by atoms with Crippen molar-refractivity contribution in [3.05, 3.63) is 87.4 Å². The van der Waals surface area contributed by atoms with Crippen LogP contribution in [0.4, 0.5) is 9.93 Å². The Bertz CT molecular complexity index is 1830. The van der Waals surface area contributed by atoms with Crippen LogP contribution in [0.25, 0.3) is 10.2 Å². The molecule has 0 radical (unpaired) electrons. The molecule has 0 fully saturated rings. The van der Waals surface area contributed by atoms with Crippen molar-refractivity contribution in [2.24, 2.45) is 5.10 Å². The normalized spacial score (nSPS) is 12.3. The highest BCUT2D eigenvalue weighted by atomic mass is 32.1. The number of carbonyl (C=O) groups excluding carboxylic acids is 1. The van der Waals surface area contributed by atoms with Gasteiger partial charge in [-0.1, -0.05) is 37.3 Å². The number of hydrazone groups is 1. The van der Waals surface area contributed by atoms with Crippen LogP contribution in [0, 0.1) is 0 Å². The quantitative estimate of drug-likeness (QED) is 0.106. The maximum absolute atomic E-state index is 12.4. The molecule has 3 N–H and O–H groups in total. The minimum Gasteiger partial charge on any atom is -0.507 e. The second kappa shape index (κ2) is 13.9. The van der Waals surface area contributed by atoms with E-state index in [1.54, 1.807) is 23.5 Å². The number of nitrogens with zero attached hydrogens (tertiary/aromatic N) is 4. The van der Waals surface area contributed by atoms with Gasteiger partial charge in [-0.05, 0) is 60.6 Å². The Kier molecular flexibility index (Phi) is 9.38. The average Bonchev–Trinajstić information content (AvgIpc) is 3.79. The Hall–Kier alpha value is -4.72. The molecule has 2 amide bonds. The number of anilines is 1. The third kappa shape index (κ3) is 7.69. The molecule has 5 aromatic rings. The molecule has 0 saturated heterocycles. The number of phenols is 1. The van der Waals surface area contributed by atoms with Crippen molar-refractivity contribution >= 4 is 50.3 Å². The summed E-state index contributed by atoms with van der Waals surface area (Å²) in [5.41, 5.74) is 6.75. The fraction of sp³-hybridized carbons (Fsp3) is 0.250. The number of benzene rings is 3. The van der Waals surface area contributed by atoms with Crippen molar-refractivity contribution in [2.45, 2.75) is 33.4 Å². The SMILES string of the molecule is CCN(CC)Cc1ccc2nc(NC(=O)N/N=C/c3ccc(OCc4csc(Cc5ccc6c(c5)OCO6)n4)cc3O)sc2c1. The summed E-state index contributed by atoms with van der Waals surface area (Å²) in [6.07, 6.45) is 2.04. The van der Waals surface area contributed by atoms with E-state index in [-0.39, 0.29) is 19.1 Å². The first-order chi connectivity index (χ1) is 21.9. The lowest BCUT2D eigenvalue weighted by Gasteiger charge is -2.17. The van der Waals surface area contributed by atoms with E-state index in [1.165, 1.54) is 29.2 Å². The summed E-state index contributed by atoms with van der Waals surface area (Å²) >= 11 is 2.96. The summed E-state index contributed by atoms with van der Waals surface area (Å²) in [7, 11) is 0. The van der Waals surface area contributed by atoms with Crippen LogP contribution >= 0.6 is 22.7 Å². The van der Waals surface area contributed by atoms with Gasteiger partial charge < -0.3 is 19.3 Å². The highest BCUT2D eigenvalue weighted by Crippen LogP contribution is 2.33. The molecule has 0 spiro atoms. The first kappa shape index (κ1) is 30.3. The van der Waals surface area contributed by atoms with Crippen molar-refractivity contribution in [1.29, 1.82) is 0 Å². The second-order valence-electron chi connectivity index (χ2n) is 10.2. The van der Waals surface area contributed by atoms with E-state index in [0.717, 1.165) is 57.6 Å². The lowest BCUT2D eigenvalue weighted by molar-refractivity contribution is 0.174. The number of amides is 2. The number of rotatable bonds is 12. The van der Waals surface area contributed by atoms with Crippen molar-refractivity contribution < 1.29 is 24.1 Å². The van der Waals surface area contributed by atoms with Crippen LogP contribution in [0.3, 0.4) is 0 Å². The summed E-state index contributed by atoms with van der Waals surface area (Å²) in [6, 6.07) is 16.4. The number of aromatic nitrogens is 2. The molecule has 3 aromatic carbocycles. The topological polar surface area (TPSA) is 130 Å². The fourth-order valence-corrected chi connectivity index (χ4v) is 6.45. The first-order valence-corrected chi connectivity index (χ1v) is 16.1. The summed E-state index contributed by atoms with van der Waals surface area (Å²) < 4.78 is 17.7. The molecule has 13 heteroatoms. The van der Waals surface area contributed by atoms with E-state index in [0.29, 0.717) is 22.9 Å². The van der Waals surface area contributed by atoms with Crippen LogP contribution in [0.5, 0.6) is 23.0 Å². The Balaban J connectivity index is 0.976. The van der Waals surface area contributed by atoms with Crippen molar-refractivity contribution in [1.82, 2.24) is 20.3 Å². The molecule has 0 aliphatic carbocycles. The molecule has 0 unspecified atom stereocenters. The highest BCUT2D eigenvalue weighted by Gasteiger charge is 2.14. The van der Waals surface area contributed by atoms with Crippen molar-refractivity contribution in [3.8, 4) is 23.0 Å². The third-order valence-electron chi connectivity index (χ3n) is 7.12. The summed E-state index contributed by atoms with van der Waals surface area (Å²) in [5, 5.41) is 20.5. The maximum atomic E-state index is 12.4. The lowest BCUT2D eigenvalue weighted by Crippen LogP contribution is -2.24. The zero-order valence-electron chi connectivity index (χ0n) is 24.8. The summed E-state index contributed by atoms with van der Waals surface area (Å²) in [4.78, 5) is 23.9. The van der Waals surface area contributed by atoms with Gasteiger partial charge in [0.05, 0.1) is 27.1 Å². The Morgan fingerprint density at radius 1 is 1.07 bits per heavy atom. The monoisotopic (exact) mass is 644 g/mol. The van der Waals surface area contributed by atoms with Crippen molar-refractivity contribution in [2.75, 3.05) is 25.2 Å². The molecule has 1 aliphatic heterocycles. The number of urea groups is 1. The Labute approximate surface area is 268 Å². The number of ether oxygens (including phenoxy) is 3. The fourth-order valence-electron chi connectivity index (χ4n) is 4.71. The molecular weight excluding hydrogens is 613 g/mol. The number of carbonyl (C=O) groups is 1. The van der Waals surface area contributed by atoms with Crippen LogP contribution in [-0.2, 0) is 19.6 Å².